The standard InChI is InChI=1S/C31H37F2N5O/c32-27-8-2-1-7-25(27)21-35-31(39)12-11-26-23-36(22-24-6-5-14-34-20-24)15-13-29(26)37-16-18-38(19-17-37)30-10-4-3-9-28(30)33/h1-10,14,20,26,29H,11-13,15-19,21-23H2,(H,35,39)/t26-,29+/m0/s1. The molecule has 1 aromatic heterocycles. The molecule has 2 fully saturated rings. The number of rotatable bonds is 9. The van der Waals surface area contributed by atoms with E-state index in [2.05, 4.69) is 31.1 Å². The monoisotopic (exact) mass is 533 g/mol. The molecular formula is C31H37F2N5O. The maximum atomic E-state index is 14.4. The lowest BCUT2D eigenvalue weighted by Crippen LogP contribution is -2.56. The van der Waals surface area contributed by atoms with Crippen LogP contribution in [0.25, 0.3) is 0 Å². The molecule has 8 heteroatoms. The molecule has 2 aromatic carbocycles. The second kappa shape index (κ2) is 13.1. The first-order valence-corrected chi connectivity index (χ1v) is 13.9. The van der Waals surface area contributed by atoms with E-state index in [1.807, 2.05) is 24.4 Å². The highest BCUT2D eigenvalue weighted by atomic mass is 19.1. The summed E-state index contributed by atoms with van der Waals surface area (Å²) in [4.78, 5) is 24.1. The average Bonchev–Trinajstić information content (AvgIpc) is 2.97. The smallest absolute Gasteiger partial charge is 0.220 e. The van der Waals surface area contributed by atoms with Crippen LogP contribution in [0.15, 0.2) is 73.1 Å². The van der Waals surface area contributed by atoms with Crippen LogP contribution in [0, 0.1) is 17.6 Å². The van der Waals surface area contributed by atoms with Gasteiger partial charge in [-0.2, -0.15) is 0 Å². The molecule has 0 unspecified atom stereocenters. The van der Waals surface area contributed by atoms with Gasteiger partial charge in [0.15, 0.2) is 0 Å². The molecule has 2 atom stereocenters. The third-order valence-electron chi connectivity index (χ3n) is 8.06. The number of benzene rings is 2. The molecule has 2 saturated heterocycles. The Labute approximate surface area is 229 Å². The average molecular weight is 534 g/mol. The minimum atomic E-state index is -0.300. The van der Waals surface area contributed by atoms with Crippen molar-refractivity contribution >= 4 is 11.6 Å². The summed E-state index contributed by atoms with van der Waals surface area (Å²) in [6, 6.07) is 18.0. The number of piperazine rings is 1. The summed E-state index contributed by atoms with van der Waals surface area (Å²) in [5, 5.41) is 2.90. The van der Waals surface area contributed by atoms with Crippen LogP contribution in [0.3, 0.4) is 0 Å². The van der Waals surface area contributed by atoms with E-state index < -0.39 is 0 Å². The van der Waals surface area contributed by atoms with Gasteiger partial charge < -0.3 is 10.2 Å². The van der Waals surface area contributed by atoms with E-state index in [1.54, 1.807) is 30.5 Å². The molecule has 2 aliphatic heterocycles. The fraction of sp³-hybridized carbons (Fsp3) is 0.419. The molecule has 5 rings (SSSR count). The van der Waals surface area contributed by atoms with Crippen molar-refractivity contribution < 1.29 is 13.6 Å². The molecule has 206 valence electrons. The molecule has 6 nitrogen and oxygen atoms in total. The minimum absolute atomic E-state index is 0.0502. The van der Waals surface area contributed by atoms with E-state index in [9.17, 15) is 13.6 Å². The van der Waals surface area contributed by atoms with Crippen LogP contribution in [0.2, 0.25) is 0 Å². The van der Waals surface area contributed by atoms with Crippen LogP contribution in [-0.4, -0.2) is 66.0 Å². The molecule has 1 N–H and O–H groups in total. The van der Waals surface area contributed by atoms with E-state index in [4.69, 9.17) is 0 Å². The van der Waals surface area contributed by atoms with Gasteiger partial charge in [0.05, 0.1) is 5.69 Å². The Morgan fingerprint density at radius 3 is 2.44 bits per heavy atom. The van der Waals surface area contributed by atoms with Gasteiger partial charge >= 0.3 is 0 Å². The van der Waals surface area contributed by atoms with E-state index in [1.165, 1.54) is 17.7 Å². The quantitative estimate of drug-likeness (QED) is 0.440. The van der Waals surface area contributed by atoms with Crippen molar-refractivity contribution in [2.24, 2.45) is 5.92 Å². The normalized spacial score (nSPS) is 20.6. The molecule has 0 aliphatic carbocycles. The Kier molecular flexibility index (Phi) is 9.16. The molecule has 1 amide bonds. The zero-order chi connectivity index (χ0) is 27.0. The first-order valence-electron chi connectivity index (χ1n) is 13.9. The summed E-state index contributed by atoms with van der Waals surface area (Å²) in [6.45, 7) is 6.26. The van der Waals surface area contributed by atoms with Crippen molar-refractivity contribution in [3.05, 3.63) is 95.8 Å². The van der Waals surface area contributed by atoms with Crippen molar-refractivity contribution in [1.82, 2.24) is 20.1 Å². The molecule has 3 aromatic rings. The number of halogens is 2. The fourth-order valence-electron chi connectivity index (χ4n) is 6.00. The molecule has 0 spiro atoms. The van der Waals surface area contributed by atoms with Gasteiger partial charge in [0.1, 0.15) is 11.6 Å². The number of nitrogens with one attached hydrogen (secondary N) is 1. The number of likely N-dealkylation sites (tertiary alicyclic amines) is 1. The Morgan fingerprint density at radius 1 is 0.923 bits per heavy atom. The number of carbonyl (C=O) groups is 1. The van der Waals surface area contributed by atoms with Gasteiger partial charge in [0.2, 0.25) is 5.91 Å². The van der Waals surface area contributed by atoms with Gasteiger partial charge in [-0.1, -0.05) is 36.4 Å². The summed E-state index contributed by atoms with van der Waals surface area (Å²) >= 11 is 0. The number of aromatic nitrogens is 1. The van der Waals surface area contributed by atoms with Crippen molar-refractivity contribution in [3.8, 4) is 0 Å². The zero-order valence-corrected chi connectivity index (χ0v) is 22.3. The lowest BCUT2D eigenvalue weighted by Gasteiger charge is -2.47. The van der Waals surface area contributed by atoms with Crippen LogP contribution < -0.4 is 10.2 Å². The molecule has 3 heterocycles. The van der Waals surface area contributed by atoms with E-state index in [0.717, 1.165) is 58.7 Å². The molecule has 0 radical (unpaired) electrons. The van der Waals surface area contributed by atoms with Crippen LogP contribution >= 0.6 is 0 Å². The molecular weight excluding hydrogens is 496 g/mol. The van der Waals surface area contributed by atoms with Gasteiger partial charge in [-0.3, -0.25) is 19.6 Å². The Morgan fingerprint density at radius 2 is 1.69 bits per heavy atom. The topological polar surface area (TPSA) is 51.7 Å². The van der Waals surface area contributed by atoms with Gasteiger partial charge in [-0.15, -0.1) is 0 Å². The number of pyridine rings is 1. The Balaban J connectivity index is 1.20. The second-order valence-electron chi connectivity index (χ2n) is 10.6. The van der Waals surface area contributed by atoms with Crippen molar-refractivity contribution in [2.45, 2.75) is 38.4 Å². The minimum Gasteiger partial charge on any atom is -0.367 e. The second-order valence-corrected chi connectivity index (χ2v) is 10.6. The predicted molar refractivity (Wildman–Crippen MR) is 149 cm³/mol. The number of carbonyl (C=O) groups excluding carboxylic acids is 1. The number of anilines is 1. The molecule has 0 saturated carbocycles. The summed E-state index contributed by atoms with van der Waals surface area (Å²) in [6.07, 6.45) is 5.91. The van der Waals surface area contributed by atoms with E-state index in [0.29, 0.717) is 29.6 Å². The highest BCUT2D eigenvalue weighted by molar-refractivity contribution is 5.75. The number of nitrogens with zero attached hydrogens (tertiary/aromatic N) is 4. The van der Waals surface area contributed by atoms with Crippen molar-refractivity contribution in [3.63, 3.8) is 0 Å². The fourth-order valence-corrected chi connectivity index (χ4v) is 6.00. The summed E-state index contributed by atoms with van der Waals surface area (Å²) in [7, 11) is 0. The number of para-hydroxylation sites is 1. The molecule has 39 heavy (non-hydrogen) atoms. The molecule has 2 aliphatic rings. The number of hydrogen-bond acceptors (Lipinski definition) is 5. The van der Waals surface area contributed by atoms with Crippen LogP contribution in [-0.2, 0) is 17.9 Å². The Hall–Kier alpha value is -3.36. The van der Waals surface area contributed by atoms with Gasteiger partial charge in [0, 0.05) is 76.2 Å². The first kappa shape index (κ1) is 27.2. The van der Waals surface area contributed by atoms with Gasteiger partial charge in [-0.05, 0) is 55.1 Å². The van der Waals surface area contributed by atoms with Crippen molar-refractivity contribution in [2.75, 3.05) is 44.2 Å². The maximum Gasteiger partial charge on any atom is 0.220 e. The summed E-state index contributed by atoms with van der Waals surface area (Å²) in [5.74, 6) is -0.194. The van der Waals surface area contributed by atoms with Crippen molar-refractivity contribution in [1.29, 1.82) is 0 Å². The Bertz CT molecular complexity index is 1220. The number of hydrogen-bond donors (Lipinski definition) is 1. The van der Waals surface area contributed by atoms with E-state index in [-0.39, 0.29) is 24.1 Å². The van der Waals surface area contributed by atoms with Crippen LogP contribution in [0.1, 0.15) is 30.4 Å². The SMILES string of the molecule is O=C(CC[C@H]1CN(Cc2cccnc2)CC[C@H]1N1CCN(c2ccccc2F)CC1)NCc1ccccc1F. The summed E-state index contributed by atoms with van der Waals surface area (Å²) in [5.41, 5.74) is 2.36. The van der Waals surface area contributed by atoms with Crippen LogP contribution in [0.4, 0.5) is 14.5 Å². The molecule has 0 bridgehead atoms. The summed E-state index contributed by atoms with van der Waals surface area (Å²) < 4.78 is 28.3. The third-order valence-corrected chi connectivity index (χ3v) is 8.06. The highest BCUT2D eigenvalue weighted by Crippen LogP contribution is 2.29. The predicted octanol–water partition coefficient (Wildman–Crippen LogP) is 4.47. The number of amides is 1. The van der Waals surface area contributed by atoms with E-state index >= 15 is 0 Å². The van der Waals surface area contributed by atoms with Crippen LogP contribution in [0.5, 0.6) is 0 Å². The lowest BCUT2D eigenvalue weighted by atomic mass is 9.86. The highest BCUT2D eigenvalue weighted by Gasteiger charge is 2.35. The third kappa shape index (κ3) is 7.19. The number of piperidine rings is 1. The van der Waals surface area contributed by atoms with Gasteiger partial charge in [-0.25, -0.2) is 8.78 Å². The van der Waals surface area contributed by atoms with Gasteiger partial charge in [0.25, 0.3) is 0 Å². The lowest BCUT2D eigenvalue weighted by molar-refractivity contribution is -0.121. The largest absolute Gasteiger partial charge is 0.367 e. The first-order chi connectivity index (χ1) is 19.1. The maximum absolute atomic E-state index is 14.4. The zero-order valence-electron chi connectivity index (χ0n) is 22.3.